The molecule has 1 N–H and O–H groups in total. The van der Waals surface area contributed by atoms with Crippen molar-refractivity contribution in [1.29, 1.82) is 0 Å². The third-order valence-corrected chi connectivity index (χ3v) is 4.95. The van der Waals surface area contributed by atoms with E-state index in [2.05, 4.69) is 75.5 Å². The van der Waals surface area contributed by atoms with E-state index < -0.39 is 0 Å². The quantitative estimate of drug-likeness (QED) is 0.781. The van der Waals surface area contributed by atoms with Gasteiger partial charge in [-0.05, 0) is 37.6 Å². The number of rotatable bonds is 6. The highest BCUT2D eigenvalue weighted by atomic mass is 32.1. The van der Waals surface area contributed by atoms with Crippen molar-refractivity contribution in [2.45, 2.75) is 45.6 Å². The molecular weight excluding hydrogens is 262 g/mol. The first kappa shape index (κ1) is 15.3. The van der Waals surface area contributed by atoms with Crippen LogP contribution < -0.4 is 5.32 Å². The summed E-state index contributed by atoms with van der Waals surface area (Å²) >= 11 is 1.91. The van der Waals surface area contributed by atoms with Gasteiger partial charge in [-0.2, -0.15) is 0 Å². The summed E-state index contributed by atoms with van der Waals surface area (Å²) in [5, 5.41) is 3.75. The molecule has 0 aliphatic heterocycles. The minimum Gasteiger partial charge on any atom is -0.309 e. The molecule has 0 aliphatic carbocycles. The fraction of sp³-hybridized carbons (Fsp3) is 0.444. The molecule has 20 heavy (non-hydrogen) atoms. The molecule has 0 aliphatic rings. The third kappa shape index (κ3) is 3.31. The molecule has 108 valence electrons. The number of hydrogen-bond acceptors (Lipinski definition) is 2. The lowest BCUT2D eigenvalue weighted by Gasteiger charge is -2.35. The minimum atomic E-state index is 0.0771. The molecule has 0 fully saturated rings. The molecule has 0 radical (unpaired) electrons. The third-order valence-electron chi connectivity index (χ3n) is 3.88. The minimum absolute atomic E-state index is 0.0771. The average molecular weight is 287 g/mol. The predicted molar refractivity (Wildman–Crippen MR) is 89.6 cm³/mol. The van der Waals surface area contributed by atoms with Crippen LogP contribution in [0, 0.1) is 6.92 Å². The van der Waals surface area contributed by atoms with E-state index in [0.29, 0.717) is 6.04 Å². The van der Waals surface area contributed by atoms with Crippen molar-refractivity contribution < 1.29 is 0 Å². The van der Waals surface area contributed by atoms with E-state index in [4.69, 9.17) is 0 Å². The van der Waals surface area contributed by atoms with Gasteiger partial charge in [0.25, 0.3) is 0 Å². The lowest BCUT2D eigenvalue weighted by atomic mass is 9.77. The van der Waals surface area contributed by atoms with Crippen LogP contribution in [-0.4, -0.2) is 6.54 Å². The van der Waals surface area contributed by atoms with Crippen molar-refractivity contribution in [3.63, 3.8) is 0 Å². The van der Waals surface area contributed by atoms with Gasteiger partial charge >= 0.3 is 0 Å². The second-order valence-electron chi connectivity index (χ2n) is 5.92. The van der Waals surface area contributed by atoms with Crippen molar-refractivity contribution in [2.75, 3.05) is 6.54 Å². The van der Waals surface area contributed by atoms with Crippen LogP contribution in [-0.2, 0) is 5.41 Å². The lowest BCUT2D eigenvalue weighted by Crippen LogP contribution is -2.37. The second-order valence-corrected chi connectivity index (χ2v) is 7.24. The van der Waals surface area contributed by atoms with Crippen LogP contribution in [0.15, 0.2) is 42.5 Å². The molecule has 0 saturated heterocycles. The predicted octanol–water partition coefficient (Wildman–Crippen LogP) is 5.08. The largest absolute Gasteiger partial charge is 0.309 e. The Labute approximate surface area is 127 Å². The standard InChI is InChI=1S/C18H25NS/c1-5-13-19-17(16-12-11-14(2)20-16)18(3,4)15-9-7-6-8-10-15/h6-12,17,19H,5,13H2,1-4H3. The van der Waals surface area contributed by atoms with Crippen molar-refractivity contribution in [1.82, 2.24) is 5.32 Å². The monoisotopic (exact) mass is 287 g/mol. The van der Waals surface area contributed by atoms with E-state index >= 15 is 0 Å². The SMILES string of the molecule is CCCNC(c1ccc(C)s1)C(C)(C)c1ccccc1. The number of hydrogen-bond donors (Lipinski definition) is 1. The van der Waals surface area contributed by atoms with Gasteiger partial charge in [0.05, 0.1) is 6.04 Å². The van der Waals surface area contributed by atoms with Crippen LogP contribution in [0.5, 0.6) is 0 Å². The number of nitrogens with one attached hydrogen (secondary N) is 1. The first-order valence-electron chi connectivity index (χ1n) is 7.41. The zero-order valence-electron chi connectivity index (χ0n) is 12.9. The molecule has 2 aromatic rings. The molecule has 1 heterocycles. The Morgan fingerprint density at radius 2 is 1.80 bits per heavy atom. The molecule has 0 amide bonds. The molecule has 2 rings (SSSR count). The maximum atomic E-state index is 3.75. The summed E-state index contributed by atoms with van der Waals surface area (Å²) in [6, 6.07) is 15.7. The van der Waals surface area contributed by atoms with Gasteiger partial charge in [0, 0.05) is 15.2 Å². The average Bonchev–Trinajstić information content (AvgIpc) is 2.86. The highest BCUT2D eigenvalue weighted by Gasteiger charge is 2.32. The first-order chi connectivity index (χ1) is 9.55. The summed E-state index contributed by atoms with van der Waals surface area (Å²) in [6.45, 7) is 10.1. The highest BCUT2D eigenvalue weighted by Crippen LogP contribution is 2.39. The van der Waals surface area contributed by atoms with Crippen LogP contribution in [0.1, 0.15) is 48.6 Å². The molecule has 0 saturated carbocycles. The van der Waals surface area contributed by atoms with E-state index in [1.165, 1.54) is 15.3 Å². The molecule has 1 nitrogen and oxygen atoms in total. The van der Waals surface area contributed by atoms with Gasteiger partial charge in [-0.25, -0.2) is 0 Å². The maximum absolute atomic E-state index is 3.75. The van der Waals surface area contributed by atoms with Crippen molar-refractivity contribution in [2.24, 2.45) is 0 Å². The molecule has 2 heteroatoms. The van der Waals surface area contributed by atoms with Crippen LogP contribution in [0.3, 0.4) is 0 Å². The Kier molecular flexibility index (Phi) is 5.00. The fourth-order valence-corrected chi connectivity index (χ4v) is 3.78. The molecule has 1 aromatic carbocycles. The van der Waals surface area contributed by atoms with Crippen LogP contribution in [0.4, 0.5) is 0 Å². The van der Waals surface area contributed by atoms with E-state index in [1.807, 2.05) is 11.3 Å². The first-order valence-corrected chi connectivity index (χ1v) is 8.22. The Morgan fingerprint density at radius 1 is 1.10 bits per heavy atom. The van der Waals surface area contributed by atoms with Crippen LogP contribution in [0.2, 0.25) is 0 Å². The smallest absolute Gasteiger partial charge is 0.0507 e. The van der Waals surface area contributed by atoms with Gasteiger partial charge in [0.2, 0.25) is 0 Å². The van der Waals surface area contributed by atoms with E-state index in [0.717, 1.165) is 13.0 Å². The van der Waals surface area contributed by atoms with Crippen molar-refractivity contribution in [3.8, 4) is 0 Å². The fourth-order valence-electron chi connectivity index (χ4n) is 2.64. The van der Waals surface area contributed by atoms with Gasteiger partial charge in [0.1, 0.15) is 0 Å². The van der Waals surface area contributed by atoms with Crippen molar-refractivity contribution in [3.05, 3.63) is 57.8 Å². The summed E-state index contributed by atoms with van der Waals surface area (Å²) in [5.41, 5.74) is 1.47. The summed E-state index contributed by atoms with van der Waals surface area (Å²) in [5.74, 6) is 0. The Balaban J connectivity index is 2.35. The van der Waals surface area contributed by atoms with Crippen molar-refractivity contribution >= 4 is 11.3 Å². The van der Waals surface area contributed by atoms with Gasteiger partial charge in [-0.15, -0.1) is 11.3 Å². The van der Waals surface area contributed by atoms with E-state index in [1.54, 1.807) is 0 Å². The molecule has 0 spiro atoms. The molecular formula is C18H25NS. The summed E-state index contributed by atoms with van der Waals surface area (Å²) in [7, 11) is 0. The molecule has 1 atom stereocenters. The number of aryl methyl sites for hydroxylation is 1. The Hall–Kier alpha value is -1.12. The van der Waals surface area contributed by atoms with E-state index in [9.17, 15) is 0 Å². The topological polar surface area (TPSA) is 12.0 Å². The van der Waals surface area contributed by atoms with Crippen LogP contribution >= 0.6 is 11.3 Å². The summed E-state index contributed by atoms with van der Waals surface area (Å²) < 4.78 is 0. The van der Waals surface area contributed by atoms with Gasteiger partial charge < -0.3 is 5.32 Å². The summed E-state index contributed by atoms with van der Waals surface area (Å²) in [6.07, 6.45) is 1.16. The zero-order chi connectivity index (χ0) is 14.6. The highest BCUT2D eigenvalue weighted by molar-refractivity contribution is 7.12. The lowest BCUT2D eigenvalue weighted by molar-refractivity contribution is 0.353. The molecule has 0 bridgehead atoms. The Morgan fingerprint density at radius 3 is 2.35 bits per heavy atom. The van der Waals surface area contributed by atoms with Gasteiger partial charge in [0.15, 0.2) is 0 Å². The second kappa shape index (κ2) is 6.55. The van der Waals surface area contributed by atoms with Crippen LogP contribution in [0.25, 0.3) is 0 Å². The van der Waals surface area contributed by atoms with Gasteiger partial charge in [-0.1, -0.05) is 51.1 Å². The molecule has 1 aromatic heterocycles. The Bertz CT molecular complexity index is 527. The zero-order valence-corrected chi connectivity index (χ0v) is 13.8. The number of benzene rings is 1. The summed E-state index contributed by atoms with van der Waals surface area (Å²) in [4.78, 5) is 2.82. The molecule has 1 unspecified atom stereocenters. The number of thiophene rings is 1. The maximum Gasteiger partial charge on any atom is 0.0507 e. The van der Waals surface area contributed by atoms with Gasteiger partial charge in [-0.3, -0.25) is 0 Å². The normalized spacial score (nSPS) is 13.4. The van der Waals surface area contributed by atoms with E-state index in [-0.39, 0.29) is 5.41 Å².